The van der Waals surface area contributed by atoms with Crippen molar-refractivity contribution in [3.05, 3.63) is 11.1 Å². The van der Waals surface area contributed by atoms with Crippen molar-refractivity contribution in [3.63, 3.8) is 0 Å². The van der Waals surface area contributed by atoms with Gasteiger partial charge in [-0.05, 0) is 20.8 Å². The molecule has 0 radical (unpaired) electrons. The van der Waals surface area contributed by atoms with Gasteiger partial charge in [-0.25, -0.2) is 4.98 Å². The lowest BCUT2D eigenvalue weighted by atomic mass is 10.2. The Balaban J connectivity index is 2.09. The Hall–Kier alpha value is -0.950. The molecule has 19 heavy (non-hydrogen) atoms. The number of carbonyl (C=O) groups is 1. The molecule has 0 saturated carbocycles. The van der Waals surface area contributed by atoms with Crippen LogP contribution in [0.2, 0.25) is 0 Å². The molecule has 106 valence electrons. The molecule has 7 heteroatoms. The van der Waals surface area contributed by atoms with Crippen LogP contribution in [0.4, 0.5) is 5.13 Å². The van der Waals surface area contributed by atoms with E-state index in [1.165, 1.54) is 11.3 Å². The fourth-order valence-electron chi connectivity index (χ4n) is 2.02. The van der Waals surface area contributed by atoms with Crippen molar-refractivity contribution in [2.75, 3.05) is 30.7 Å². The van der Waals surface area contributed by atoms with E-state index in [9.17, 15) is 9.00 Å². The quantitative estimate of drug-likeness (QED) is 0.920. The van der Waals surface area contributed by atoms with Gasteiger partial charge in [0.1, 0.15) is 5.69 Å². The van der Waals surface area contributed by atoms with Crippen molar-refractivity contribution in [1.29, 1.82) is 0 Å². The van der Waals surface area contributed by atoms with E-state index < -0.39 is 10.8 Å². The molecule has 0 bridgehead atoms. The van der Waals surface area contributed by atoms with Gasteiger partial charge >= 0.3 is 0 Å². The topological polar surface area (TPSA) is 62.3 Å². The molecule has 1 aliphatic rings. The number of anilines is 1. The second-order valence-electron chi connectivity index (χ2n) is 5.10. The van der Waals surface area contributed by atoms with Crippen LogP contribution >= 0.6 is 11.3 Å². The molecular weight excluding hydrogens is 282 g/mol. The third kappa shape index (κ3) is 3.14. The zero-order chi connectivity index (χ0) is 14.0. The molecular formula is C12H19N3O2S2. The SMILES string of the molecule is CCNc1nc(C(=O)N2CC[S@@](=O)C(C)(C)C2)cs1. The Kier molecular flexibility index (Phi) is 4.25. The van der Waals surface area contributed by atoms with E-state index in [2.05, 4.69) is 10.3 Å². The van der Waals surface area contributed by atoms with Crippen LogP contribution in [0, 0.1) is 0 Å². The second kappa shape index (κ2) is 5.58. The average molecular weight is 301 g/mol. The Morgan fingerprint density at radius 2 is 2.37 bits per heavy atom. The minimum Gasteiger partial charge on any atom is -0.362 e. The molecule has 1 aromatic rings. The van der Waals surface area contributed by atoms with Gasteiger partial charge in [0.05, 0.1) is 4.75 Å². The molecule has 0 spiro atoms. The Morgan fingerprint density at radius 1 is 1.63 bits per heavy atom. The summed E-state index contributed by atoms with van der Waals surface area (Å²) in [7, 11) is -0.866. The van der Waals surface area contributed by atoms with Crippen LogP contribution in [0.5, 0.6) is 0 Å². The second-order valence-corrected chi connectivity index (χ2v) is 8.17. The van der Waals surface area contributed by atoms with Crippen molar-refractivity contribution in [3.8, 4) is 0 Å². The first-order valence-corrected chi connectivity index (χ1v) is 8.51. The largest absolute Gasteiger partial charge is 0.362 e. The van der Waals surface area contributed by atoms with E-state index in [1.54, 1.807) is 10.3 Å². The van der Waals surface area contributed by atoms with Gasteiger partial charge in [-0.15, -0.1) is 11.3 Å². The van der Waals surface area contributed by atoms with Gasteiger partial charge < -0.3 is 10.2 Å². The van der Waals surface area contributed by atoms with Crippen molar-refractivity contribution in [2.24, 2.45) is 0 Å². The van der Waals surface area contributed by atoms with Crippen molar-refractivity contribution < 1.29 is 9.00 Å². The lowest BCUT2D eigenvalue weighted by Gasteiger charge is -2.36. The molecule has 1 aliphatic heterocycles. The van der Waals surface area contributed by atoms with Gasteiger partial charge in [0, 0.05) is 41.6 Å². The van der Waals surface area contributed by atoms with Gasteiger partial charge in [-0.3, -0.25) is 9.00 Å². The first-order valence-electron chi connectivity index (χ1n) is 6.31. The normalized spacial score (nSPS) is 22.3. The molecule has 1 saturated heterocycles. The van der Waals surface area contributed by atoms with Crippen LogP contribution in [0.15, 0.2) is 5.38 Å². The first kappa shape index (κ1) is 14.5. The molecule has 1 N–H and O–H groups in total. The van der Waals surface area contributed by atoms with E-state index in [0.717, 1.165) is 11.7 Å². The molecule has 0 aromatic carbocycles. The van der Waals surface area contributed by atoms with Crippen LogP contribution in [0.1, 0.15) is 31.3 Å². The Bertz CT molecular complexity index is 499. The van der Waals surface area contributed by atoms with Crippen LogP contribution in [-0.2, 0) is 10.8 Å². The number of carbonyl (C=O) groups excluding carboxylic acids is 1. The highest BCUT2D eigenvalue weighted by atomic mass is 32.2. The molecule has 5 nitrogen and oxygen atoms in total. The standard InChI is InChI=1S/C12H19N3O2S2/c1-4-13-11-14-9(7-18-11)10(16)15-5-6-19(17)12(2,3)8-15/h7H,4-6,8H2,1-3H3,(H,13,14)/t19-/m1/s1. The third-order valence-electron chi connectivity index (χ3n) is 3.07. The summed E-state index contributed by atoms with van der Waals surface area (Å²) < 4.78 is 11.5. The smallest absolute Gasteiger partial charge is 0.273 e. The lowest BCUT2D eigenvalue weighted by Crippen LogP contribution is -2.52. The Labute approximate surface area is 119 Å². The molecule has 0 aliphatic carbocycles. The van der Waals surface area contributed by atoms with Crippen LogP contribution in [-0.4, -0.2) is 50.1 Å². The van der Waals surface area contributed by atoms with Crippen molar-refractivity contribution >= 4 is 33.2 Å². The highest BCUT2D eigenvalue weighted by Gasteiger charge is 2.35. The van der Waals surface area contributed by atoms with Crippen LogP contribution in [0.25, 0.3) is 0 Å². The van der Waals surface area contributed by atoms with E-state index in [0.29, 0.717) is 24.5 Å². The maximum absolute atomic E-state index is 12.4. The van der Waals surface area contributed by atoms with Crippen molar-refractivity contribution in [2.45, 2.75) is 25.5 Å². The average Bonchev–Trinajstić information content (AvgIpc) is 2.81. The van der Waals surface area contributed by atoms with Crippen molar-refractivity contribution in [1.82, 2.24) is 9.88 Å². The fraction of sp³-hybridized carbons (Fsp3) is 0.667. The molecule has 2 heterocycles. The number of aromatic nitrogens is 1. The first-order chi connectivity index (χ1) is 8.94. The van der Waals surface area contributed by atoms with E-state index >= 15 is 0 Å². The summed E-state index contributed by atoms with van der Waals surface area (Å²) in [5.41, 5.74) is 0.476. The number of hydrogen-bond acceptors (Lipinski definition) is 5. The van der Waals surface area contributed by atoms with Crippen LogP contribution < -0.4 is 5.32 Å². The van der Waals surface area contributed by atoms with Gasteiger partial charge in [0.2, 0.25) is 0 Å². The van der Waals surface area contributed by atoms with Gasteiger partial charge in [-0.1, -0.05) is 0 Å². The summed E-state index contributed by atoms with van der Waals surface area (Å²) in [6.07, 6.45) is 0. The summed E-state index contributed by atoms with van der Waals surface area (Å²) in [5, 5.41) is 5.64. The summed E-state index contributed by atoms with van der Waals surface area (Å²) in [5.74, 6) is 0.480. The molecule has 0 unspecified atom stereocenters. The maximum atomic E-state index is 12.4. The van der Waals surface area contributed by atoms with Gasteiger partial charge in [0.15, 0.2) is 5.13 Å². The highest BCUT2D eigenvalue weighted by Crippen LogP contribution is 2.23. The van der Waals surface area contributed by atoms with E-state index in [4.69, 9.17) is 0 Å². The Morgan fingerprint density at radius 3 is 3.00 bits per heavy atom. The maximum Gasteiger partial charge on any atom is 0.273 e. The third-order valence-corrected chi connectivity index (χ3v) is 5.79. The monoisotopic (exact) mass is 301 g/mol. The summed E-state index contributed by atoms with van der Waals surface area (Å²) >= 11 is 1.44. The number of nitrogens with zero attached hydrogens (tertiary/aromatic N) is 2. The zero-order valence-corrected chi connectivity index (χ0v) is 13.1. The minimum atomic E-state index is -0.866. The molecule has 1 atom stereocenters. The van der Waals surface area contributed by atoms with E-state index in [1.807, 2.05) is 20.8 Å². The molecule has 2 rings (SSSR count). The minimum absolute atomic E-state index is 0.0646. The lowest BCUT2D eigenvalue weighted by molar-refractivity contribution is 0.0741. The molecule has 1 amide bonds. The number of rotatable bonds is 3. The number of nitrogens with one attached hydrogen (secondary N) is 1. The predicted octanol–water partition coefficient (Wildman–Crippen LogP) is 1.56. The highest BCUT2D eigenvalue weighted by molar-refractivity contribution is 7.86. The predicted molar refractivity (Wildman–Crippen MR) is 79.3 cm³/mol. The van der Waals surface area contributed by atoms with Crippen LogP contribution in [0.3, 0.4) is 0 Å². The van der Waals surface area contributed by atoms with Gasteiger partial charge in [0.25, 0.3) is 5.91 Å². The zero-order valence-electron chi connectivity index (χ0n) is 11.4. The molecule has 1 fully saturated rings. The molecule has 1 aromatic heterocycles. The number of amides is 1. The van der Waals surface area contributed by atoms with Gasteiger partial charge in [-0.2, -0.15) is 0 Å². The van der Waals surface area contributed by atoms with E-state index in [-0.39, 0.29) is 10.7 Å². The summed E-state index contributed by atoms with van der Waals surface area (Å²) in [4.78, 5) is 18.4. The summed E-state index contributed by atoms with van der Waals surface area (Å²) in [6, 6.07) is 0. The number of hydrogen-bond donors (Lipinski definition) is 1. The summed E-state index contributed by atoms with van der Waals surface area (Å²) in [6.45, 7) is 7.72. The number of thiazole rings is 1. The fourth-order valence-corrected chi connectivity index (χ4v) is 4.01.